The highest BCUT2D eigenvalue weighted by atomic mass is 16.1. The quantitative estimate of drug-likeness (QED) is 0.305. The lowest BCUT2D eigenvalue weighted by Crippen LogP contribution is -2.42. The van der Waals surface area contributed by atoms with Crippen molar-refractivity contribution in [1.29, 1.82) is 0 Å². The van der Waals surface area contributed by atoms with Crippen LogP contribution in [0.15, 0.2) is 126 Å². The predicted molar refractivity (Wildman–Crippen MR) is 137 cm³/mol. The van der Waals surface area contributed by atoms with Crippen LogP contribution >= 0.6 is 0 Å². The lowest BCUT2D eigenvalue weighted by Gasteiger charge is -2.49. The molecule has 34 heavy (non-hydrogen) atoms. The second kappa shape index (κ2) is 7.16. The largest absolute Gasteiger partial charge is 0.310 e. The Balaban J connectivity index is 1.67. The number of nitrogens with zero attached hydrogens (tertiary/aromatic N) is 1. The van der Waals surface area contributed by atoms with E-state index in [4.69, 9.17) is 0 Å². The number of hydrogen-bond acceptors (Lipinski definition) is 2. The standard InChI is InChI=1S/C32H23NO/c34-31-23-14-4-6-16-25(23)32(26-17-7-5-15-24(26)31)27-18-8-10-20-29(27)33(22-12-2-1-3-13-22)30-21-11-9-19-28(30)32/h1-4,6-14,16-21H,5,15H2. The fourth-order valence-electron chi connectivity index (χ4n) is 6.25. The lowest BCUT2D eigenvalue weighted by atomic mass is 9.56. The molecule has 1 aliphatic heterocycles. The van der Waals surface area contributed by atoms with Crippen molar-refractivity contribution in [2.24, 2.45) is 0 Å². The maximum absolute atomic E-state index is 13.7. The molecule has 7 rings (SSSR count). The second-order valence-corrected chi connectivity index (χ2v) is 9.16. The summed E-state index contributed by atoms with van der Waals surface area (Å²) in [5, 5.41) is 0. The van der Waals surface area contributed by atoms with Crippen molar-refractivity contribution in [2.45, 2.75) is 18.3 Å². The molecule has 1 spiro atoms. The summed E-state index contributed by atoms with van der Waals surface area (Å²) in [6.45, 7) is 0. The van der Waals surface area contributed by atoms with E-state index in [0.29, 0.717) is 0 Å². The fraction of sp³-hybridized carbons (Fsp3) is 0.0938. The van der Waals surface area contributed by atoms with Gasteiger partial charge in [-0.05, 0) is 59.4 Å². The first kappa shape index (κ1) is 19.3. The fourth-order valence-corrected chi connectivity index (χ4v) is 6.25. The van der Waals surface area contributed by atoms with Gasteiger partial charge in [-0.25, -0.2) is 0 Å². The van der Waals surface area contributed by atoms with Crippen molar-refractivity contribution < 1.29 is 4.79 Å². The van der Waals surface area contributed by atoms with Crippen molar-refractivity contribution in [3.8, 4) is 0 Å². The Morgan fingerprint density at radius 1 is 0.647 bits per heavy atom. The summed E-state index contributed by atoms with van der Waals surface area (Å²) in [4.78, 5) is 16.0. The molecule has 2 aliphatic carbocycles. The van der Waals surface area contributed by atoms with Gasteiger partial charge in [0.1, 0.15) is 0 Å². The molecule has 4 aromatic rings. The SMILES string of the molecule is O=C1C2=C(C=CCC2)C2(c3ccccc31)c1ccccc1N(c1ccccc1)c1ccccc12. The smallest absolute Gasteiger partial charge is 0.189 e. The monoisotopic (exact) mass is 437 g/mol. The van der Waals surface area contributed by atoms with E-state index in [2.05, 4.69) is 108 Å². The lowest BCUT2D eigenvalue weighted by molar-refractivity contribution is 0.102. The van der Waals surface area contributed by atoms with Crippen molar-refractivity contribution in [2.75, 3.05) is 4.90 Å². The highest BCUT2D eigenvalue weighted by molar-refractivity contribution is 6.14. The number of carbonyl (C=O) groups excluding carboxylic acids is 1. The van der Waals surface area contributed by atoms with Gasteiger partial charge >= 0.3 is 0 Å². The first-order valence-electron chi connectivity index (χ1n) is 11.9. The number of anilines is 3. The van der Waals surface area contributed by atoms with Crippen LogP contribution in [0, 0.1) is 0 Å². The van der Waals surface area contributed by atoms with Crippen LogP contribution in [0.2, 0.25) is 0 Å². The Bertz CT molecular complexity index is 1480. The molecule has 0 fully saturated rings. The summed E-state index contributed by atoms with van der Waals surface area (Å²) in [7, 11) is 0. The highest BCUT2D eigenvalue weighted by Gasteiger charge is 2.52. The summed E-state index contributed by atoms with van der Waals surface area (Å²) in [6, 6.07) is 36.2. The minimum atomic E-state index is -0.533. The Kier molecular flexibility index (Phi) is 4.07. The first-order valence-corrected chi connectivity index (χ1v) is 11.9. The van der Waals surface area contributed by atoms with Crippen LogP contribution in [-0.4, -0.2) is 5.78 Å². The van der Waals surface area contributed by atoms with E-state index in [1.807, 2.05) is 12.1 Å². The second-order valence-electron chi connectivity index (χ2n) is 9.16. The molecule has 0 amide bonds. The van der Waals surface area contributed by atoms with E-state index in [-0.39, 0.29) is 5.78 Å². The molecule has 0 unspecified atom stereocenters. The molecule has 0 aromatic heterocycles. The molecule has 1 heterocycles. The predicted octanol–water partition coefficient (Wildman–Crippen LogP) is 7.65. The number of rotatable bonds is 1. The zero-order valence-corrected chi connectivity index (χ0v) is 18.7. The van der Waals surface area contributed by atoms with Crippen LogP contribution in [0.25, 0.3) is 0 Å². The van der Waals surface area contributed by atoms with Crippen molar-refractivity contribution in [3.63, 3.8) is 0 Å². The first-order chi connectivity index (χ1) is 16.8. The molecule has 0 saturated carbocycles. The van der Waals surface area contributed by atoms with Gasteiger partial charge in [0.2, 0.25) is 0 Å². The van der Waals surface area contributed by atoms with E-state index in [1.54, 1.807) is 0 Å². The van der Waals surface area contributed by atoms with E-state index >= 15 is 0 Å². The third-order valence-electron chi connectivity index (χ3n) is 7.54. The van der Waals surface area contributed by atoms with Crippen molar-refractivity contribution >= 4 is 22.8 Å². The van der Waals surface area contributed by atoms with Gasteiger partial charge in [-0.2, -0.15) is 0 Å². The molecule has 4 aromatic carbocycles. The van der Waals surface area contributed by atoms with E-state index in [0.717, 1.165) is 52.2 Å². The van der Waals surface area contributed by atoms with Gasteiger partial charge in [0.15, 0.2) is 5.78 Å². The van der Waals surface area contributed by atoms with Crippen molar-refractivity contribution in [1.82, 2.24) is 0 Å². The third kappa shape index (κ3) is 2.38. The minimum absolute atomic E-state index is 0.182. The molecule has 0 saturated heterocycles. The van der Waals surface area contributed by atoms with Gasteiger partial charge < -0.3 is 4.90 Å². The van der Waals surface area contributed by atoms with Crippen LogP contribution in [0.3, 0.4) is 0 Å². The molecule has 0 N–H and O–H groups in total. The van der Waals surface area contributed by atoms with Gasteiger partial charge in [0, 0.05) is 16.8 Å². The number of fused-ring (bicyclic) bond motifs is 7. The topological polar surface area (TPSA) is 20.3 Å². The molecule has 2 nitrogen and oxygen atoms in total. The molecular weight excluding hydrogens is 414 g/mol. The average Bonchev–Trinajstić information content (AvgIpc) is 2.91. The van der Waals surface area contributed by atoms with Crippen LogP contribution < -0.4 is 4.90 Å². The van der Waals surface area contributed by atoms with Gasteiger partial charge in [-0.1, -0.05) is 91.0 Å². The van der Waals surface area contributed by atoms with Crippen LogP contribution in [0.4, 0.5) is 17.1 Å². The Morgan fingerprint density at radius 2 is 1.24 bits per heavy atom. The van der Waals surface area contributed by atoms with E-state index in [9.17, 15) is 4.79 Å². The molecule has 2 heteroatoms. The zero-order valence-electron chi connectivity index (χ0n) is 18.7. The number of benzene rings is 4. The van der Waals surface area contributed by atoms with Crippen molar-refractivity contribution in [3.05, 3.63) is 149 Å². The Morgan fingerprint density at radius 3 is 1.94 bits per heavy atom. The maximum atomic E-state index is 13.7. The summed E-state index contributed by atoms with van der Waals surface area (Å²) < 4.78 is 0. The maximum Gasteiger partial charge on any atom is 0.189 e. The summed E-state index contributed by atoms with van der Waals surface area (Å²) in [5.74, 6) is 0.182. The number of ketones is 1. The number of para-hydroxylation sites is 3. The molecule has 0 atom stereocenters. The number of Topliss-reactive ketones (excluding diaryl/α,β-unsaturated/α-hetero) is 1. The molecule has 0 radical (unpaired) electrons. The number of carbonyl (C=O) groups is 1. The highest BCUT2D eigenvalue weighted by Crippen LogP contribution is 2.61. The molecule has 162 valence electrons. The number of allylic oxidation sites excluding steroid dienone is 4. The molecular formula is C32H23NO. The average molecular weight is 438 g/mol. The Labute approximate surface area is 199 Å². The van der Waals surface area contributed by atoms with Crippen LogP contribution in [0.1, 0.15) is 39.9 Å². The Hall–Kier alpha value is -4.17. The van der Waals surface area contributed by atoms with Gasteiger partial charge in [-0.3, -0.25) is 4.79 Å². The third-order valence-corrected chi connectivity index (χ3v) is 7.54. The number of hydrogen-bond donors (Lipinski definition) is 0. The molecule has 0 bridgehead atoms. The van der Waals surface area contributed by atoms with Gasteiger partial charge in [0.05, 0.1) is 16.8 Å². The summed E-state index contributed by atoms with van der Waals surface area (Å²) in [6.07, 6.45) is 6.14. The van der Waals surface area contributed by atoms with Crippen LogP contribution in [-0.2, 0) is 5.41 Å². The zero-order chi connectivity index (χ0) is 22.7. The molecule has 3 aliphatic rings. The normalized spacial score (nSPS) is 17.2. The minimum Gasteiger partial charge on any atom is -0.310 e. The summed E-state index contributed by atoms with van der Waals surface area (Å²) in [5.41, 5.74) is 9.35. The van der Waals surface area contributed by atoms with E-state index in [1.165, 1.54) is 11.1 Å². The van der Waals surface area contributed by atoms with Gasteiger partial charge in [0.25, 0.3) is 0 Å². The van der Waals surface area contributed by atoms with E-state index < -0.39 is 5.41 Å². The summed E-state index contributed by atoms with van der Waals surface area (Å²) >= 11 is 0. The van der Waals surface area contributed by atoms with Gasteiger partial charge in [-0.15, -0.1) is 0 Å². The van der Waals surface area contributed by atoms with Crippen LogP contribution in [0.5, 0.6) is 0 Å².